The minimum absolute atomic E-state index is 0.106. The molecule has 0 saturated heterocycles. The average molecular weight is 270 g/mol. The fraction of sp³-hybridized carbons (Fsp3) is 0.0714. The fourth-order valence-corrected chi connectivity index (χ4v) is 1.54. The van der Waals surface area contributed by atoms with E-state index in [0.29, 0.717) is 16.9 Å². The summed E-state index contributed by atoms with van der Waals surface area (Å²) in [6, 6.07) is 9.80. The largest absolute Gasteiger partial charge is 0.399 e. The van der Waals surface area contributed by atoms with E-state index >= 15 is 0 Å². The molecule has 1 aromatic carbocycles. The highest BCUT2D eigenvalue weighted by atomic mass is 16.2. The monoisotopic (exact) mass is 270 g/mol. The maximum atomic E-state index is 11.8. The Balaban J connectivity index is 1.84. The number of carbonyl (C=O) groups excluding carboxylic acids is 2. The minimum atomic E-state index is -0.324. The van der Waals surface area contributed by atoms with Gasteiger partial charge in [0.25, 0.3) is 5.91 Å². The van der Waals surface area contributed by atoms with Gasteiger partial charge in [-0.25, -0.2) is 0 Å². The zero-order chi connectivity index (χ0) is 14.4. The number of hydrogen-bond acceptors (Lipinski definition) is 4. The van der Waals surface area contributed by atoms with E-state index in [0.717, 1.165) is 0 Å². The van der Waals surface area contributed by atoms with E-state index in [1.54, 1.807) is 48.8 Å². The van der Waals surface area contributed by atoms with E-state index < -0.39 is 0 Å². The molecule has 2 amide bonds. The summed E-state index contributed by atoms with van der Waals surface area (Å²) in [7, 11) is 0. The fourth-order valence-electron chi connectivity index (χ4n) is 1.54. The zero-order valence-electron chi connectivity index (χ0n) is 10.7. The van der Waals surface area contributed by atoms with Gasteiger partial charge in [-0.05, 0) is 36.4 Å². The molecule has 0 aliphatic rings. The van der Waals surface area contributed by atoms with Crippen LogP contribution < -0.4 is 16.4 Å². The molecule has 2 rings (SSSR count). The molecule has 102 valence electrons. The number of amides is 2. The third kappa shape index (κ3) is 3.81. The first-order chi connectivity index (χ1) is 9.65. The number of nitrogens with one attached hydrogen (secondary N) is 2. The standard InChI is InChI=1S/C14H14N4O2/c15-11-3-1-10(2-4-11)14(20)17-9-13(19)18-12-5-7-16-8-6-12/h1-8H,9,15H2,(H,17,20)(H,16,18,19). The molecule has 6 nitrogen and oxygen atoms in total. The number of pyridine rings is 1. The molecule has 0 radical (unpaired) electrons. The first-order valence-electron chi connectivity index (χ1n) is 5.99. The summed E-state index contributed by atoms with van der Waals surface area (Å²) < 4.78 is 0. The van der Waals surface area contributed by atoms with Crippen molar-refractivity contribution in [2.24, 2.45) is 0 Å². The lowest BCUT2D eigenvalue weighted by Crippen LogP contribution is -2.32. The number of nitrogens with two attached hydrogens (primary N) is 1. The molecule has 0 atom stereocenters. The van der Waals surface area contributed by atoms with E-state index in [2.05, 4.69) is 15.6 Å². The van der Waals surface area contributed by atoms with Gasteiger partial charge in [0.05, 0.1) is 6.54 Å². The molecule has 0 unspecified atom stereocenters. The van der Waals surface area contributed by atoms with Gasteiger partial charge < -0.3 is 16.4 Å². The van der Waals surface area contributed by atoms with E-state index in [1.807, 2.05) is 0 Å². The molecule has 0 spiro atoms. The number of hydrogen-bond donors (Lipinski definition) is 3. The number of carbonyl (C=O) groups is 2. The smallest absolute Gasteiger partial charge is 0.251 e. The summed E-state index contributed by atoms with van der Waals surface area (Å²) in [6.45, 7) is -0.106. The highest BCUT2D eigenvalue weighted by Crippen LogP contribution is 2.05. The van der Waals surface area contributed by atoms with E-state index in [1.165, 1.54) is 0 Å². The maximum Gasteiger partial charge on any atom is 0.251 e. The lowest BCUT2D eigenvalue weighted by atomic mass is 10.2. The number of benzene rings is 1. The highest BCUT2D eigenvalue weighted by Gasteiger charge is 2.07. The van der Waals surface area contributed by atoms with E-state index in [-0.39, 0.29) is 18.4 Å². The zero-order valence-corrected chi connectivity index (χ0v) is 10.7. The van der Waals surface area contributed by atoms with Crippen molar-refractivity contribution in [3.05, 3.63) is 54.4 Å². The van der Waals surface area contributed by atoms with Gasteiger partial charge in [-0.1, -0.05) is 0 Å². The Bertz CT molecular complexity index is 596. The van der Waals surface area contributed by atoms with Crippen LogP contribution in [-0.2, 0) is 4.79 Å². The average Bonchev–Trinajstić information content (AvgIpc) is 2.46. The number of rotatable bonds is 4. The van der Waals surface area contributed by atoms with Crippen molar-refractivity contribution in [3.63, 3.8) is 0 Å². The van der Waals surface area contributed by atoms with Crippen LogP contribution in [0, 0.1) is 0 Å². The predicted octanol–water partition coefficient (Wildman–Crippen LogP) is 1.03. The number of aromatic nitrogens is 1. The van der Waals surface area contributed by atoms with Crippen LogP contribution in [-0.4, -0.2) is 23.3 Å². The molecule has 20 heavy (non-hydrogen) atoms. The van der Waals surface area contributed by atoms with Crippen molar-refractivity contribution in [2.45, 2.75) is 0 Å². The van der Waals surface area contributed by atoms with Crippen LogP contribution >= 0.6 is 0 Å². The van der Waals surface area contributed by atoms with Crippen LogP contribution in [0.1, 0.15) is 10.4 Å². The Labute approximate surface area is 116 Å². The molecule has 1 heterocycles. The van der Waals surface area contributed by atoms with Gasteiger partial charge >= 0.3 is 0 Å². The first kappa shape index (κ1) is 13.5. The van der Waals surface area contributed by atoms with Crippen molar-refractivity contribution in [3.8, 4) is 0 Å². The van der Waals surface area contributed by atoms with Gasteiger partial charge in [0.2, 0.25) is 5.91 Å². The summed E-state index contributed by atoms with van der Waals surface area (Å²) in [6.07, 6.45) is 3.14. The summed E-state index contributed by atoms with van der Waals surface area (Å²) in [4.78, 5) is 27.2. The predicted molar refractivity (Wildman–Crippen MR) is 76.1 cm³/mol. The second kappa shape index (κ2) is 6.33. The molecule has 0 fully saturated rings. The van der Waals surface area contributed by atoms with Crippen LogP contribution in [0.4, 0.5) is 11.4 Å². The summed E-state index contributed by atoms with van der Waals surface area (Å²) in [5.41, 5.74) is 7.20. The number of nitrogens with zero attached hydrogens (tertiary/aromatic N) is 1. The molecular formula is C14H14N4O2. The summed E-state index contributed by atoms with van der Waals surface area (Å²) in [5, 5.41) is 5.18. The van der Waals surface area contributed by atoms with Gasteiger partial charge in [-0.2, -0.15) is 0 Å². The van der Waals surface area contributed by atoms with Crippen LogP contribution in [0.5, 0.6) is 0 Å². The minimum Gasteiger partial charge on any atom is -0.399 e. The normalized spacial score (nSPS) is 9.80. The Hall–Kier alpha value is -2.89. The Kier molecular flexibility index (Phi) is 4.28. The van der Waals surface area contributed by atoms with Gasteiger partial charge in [0.15, 0.2) is 0 Å². The Morgan fingerprint density at radius 3 is 2.35 bits per heavy atom. The Morgan fingerprint density at radius 2 is 1.70 bits per heavy atom. The summed E-state index contributed by atoms with van der Waals surface area (Å²) >= 11 is 0. The second-order valence-electron chi connectivity index (χ2n) is 4.09. The first-order valence-corrected chi connectivity index (χ1v) is 5.99. The molecule has 0 aliphatic heterocycles. The number of nitrogen functional groups attached to an aromatic ring is 1. The molecule has 2 aromatic rings. The van der Waals surface area contributed by atoms with Crippen LogP contribution in [0.2, 0.25) is 0 Å². The Morgan fingerprint density at radius 1 is 1.05 bits per heavy atom. The lowest BCUT2D eigenvalue weighted by molar-refractivity contribution is -0.115. The van der Waals surface area contributed by atoms with E-state index in [4.69, 9.17) is 5.73 Å². The van der Waals surface area contributed by atoms with Gasteiger partial charge in [-0.3, -0.25) is 14.6 Å². The van der Waals surface area contributed by atoms with Crippen molar-refractivity contribution < 1.29 is 9.59 Å². The second-order valence-corrected chi connectivity index (χ2v) is 4.09. The maximum absolute atomic E-state index is 11.8. The molecule has 6 heteroatoms. The van der Waals surface area contributed by atoms with E-state index in [9.17, 15) is 9.59 Å². The molecule has 0 bridgehead atoms. The molecule has 1 aromatic heterocycles. The SMILES string of the molecule is Nc1ccc(C(=O)NCC(=O)Nc2ccncc2)cc1. The summed E-state index contributed by atoms with van der Waals surface area (Å²) in [5.74, 6) is -0.630. The molecule has 4 N–H and O–H groups in total. The third-order valence-corrected chi connectivity index (χ3v) is 2.55. The van der Waals surface area contributed by atoms with Crippen LogP contribution in [0.25, 0.3) is 0 Å². The topological polar surface area (TPSA) is 97.1 Å². The van der Waals surface area contributed by atoms with Crippen molar-refractivity contribution in [2.75, 3.05) is 17.6 Å². The lowest BCUT2D eigenvalue weighted by Gasteiger charge is -2.07. The molecule has 0 aliphatic carbocycles. The molecular weight excluding hydrogens is 256 g/mol. The van der Waals surface area contributed by atoms with Crippen LogP contribution in [0.3, 0.4) is 0 Å². The van der Waals surface area contributed by atoms with Crippen molar-refractivity contribution >= 4 is 23.2 Å². The quantitative estimate of drug-likeness (QED) is 0.723. The van der Waals surface area contributed by atoms with Crippen LogP contribution in [0.15, 0.2) is 48.8 Å². The van der Waals surface area contributed by atoms with Gasteiger partial charge in [0.1, 0.15) is 0 Å². The van der Waals surface area contributed by atoms with Crippen molar-refractivity contribution in [1.82, 2.24) is 10.3 Å². The highest BCUT2D eigenvalue weighted by molar-refractivity contribution is 5.99. The van der Waals surface area contributed by atoms with Crippen molar-refractivity contribution in [1.29, 1.82) is 0 Å². The number of anilines is 2. The van der Waals surface area contributed by atoms with Gasteiger partial charge in [0, 0.05) is 29.3 Å². The third-order valence-electron chi connectivity index (χ3n) is 2.55. The van der Waals surface area contributed by atoms with Gasteiger partial charge in [-0.15, -0.1) is 0 Å². The molecule has 0 saturated carbocycles.